The smallest absolute Gasteiger partial charge is 0.311 e. The standard InChI is InChI=1S/C18H20O5/c1-21-15-9-5-4-8-13(15)14(18(19)20)11-12-7-6-10-16(22-2)17(12)23-3/h4-10,14H,11H2,1-3H3,(H,19,20). The van der Waals surface area contributed by atoms with E-state index in [1.54, 1.807) is 38.5 Å². The molecular weight excluding hydrogens is 296 g/mol. The molecule has 5 nitrogen and oxygen atoms in total. The van der Waals surface area contributed by atoms with Crippen LogP contribution in [0.15, 0.2) is 42.5 Å². The van der Waals surface area contributed by atoms with Crippen LogP contribution < -0.4 is 14.2 Å². The largest absolute Gasteiger partial charge is 0.496 e. The highest BCUT2D eigenvalue weighted by atomic mass is 16.5. The fraction of sp³-hybridized carbons (Fsp3) is 0.278. The summed E-state index contributed by atoms with van der Waals surface area (Å²) in [5.41, 5.74) is 1.40. The van der Waals surface area contributed by atoms with E-state index < -0.39 is 11.9 Å². The second-order valence-corrected chi connectivity index (χ2v) is 4.99. The first-order chi connectivity index (χ1) is 11.1. The average molecular weight is 316 g/mol. The molecule has 0 aliphatic carbocycles. The topological polar surface area (TPSA) is 65.0 Å². The lowest BCUT2D eigenvalue weighted by Crippen LogP contribution is -2.16. The Morgan fingerprint density at radius 3 is 2.22 bits per heavy atom. The Morgan fingerprint density at radius 2 is 1.61 bits per heavy atom. The lowest BCUT2D eigenvalue weighted by Gasteiger charge is -2.18. The van der Waals surface area contributed by atoms with Crippen LogP contribution in [-0.4, -0.2) is 32.4 Å². The molecule has 2 aromatic rings. The van der Waals surface area contributed by atoms with Crippen molar-refractivity contribution in [2.24, 2.45) is 0 Å². The Bertz CT molecular complexity index is 681. The van der Waals surface area contributed by atoms with E-state index >= 15 is 0 Å². The first kappa shape index (κ1) is 16.7. The van der Waals surface area contributed by atoms with Gasteiger partial charge in [0.05, 0.1) is 27.2 Å². The van der Waals surface area contributed by atoms with Crippen LogP contribution in [0.2, 0.25) is 0 Å². The molecule has 0 saturated heterocycles. The van der Waals surface area contributed by atoms with E-state index in [-0.39, 0.29) is 6.42 Å². The molecule has 5 heteroatoms. The van der Waals surface area contributed by atoms with Crippen LogP contribution >= 0.6 is 0 Å². The summed E-state index contributed by atoms with van der Waals surface area (Å²) >= 11 is 0. The first-order valence-electron chi connectivity index (χ1n) is 7.18. The Balaban J connectivity index is 2.44. The summed E-state index contributed by atoms with van der Waals surface area (Å²) in [6.07, 6.45) is 0.274. The van der Waals surface area contributed by atoms with Gasteiger partial charge in [0.2, 0.25) is 0 Å². The van der Waals surface area contributed by atoms with Gasteiger partial charge in [-0.1, -0.05) is 30.3 Å². The zero-order chi connectivity index (χ0) is 16.8. The van der Waals surface area contributed by atoms with Crippen molar-refractivity contribution in [1.29, 1.82) is 0 Å². The fourth-order valence-electron chi connectivity index (χ4n) is 2.62. The van der Waals surface area contributed by atoms with Crippen molar-refractivity contribution in [2.45, 2.75) is 12.3 Å². The third kappa shape index (κ3) is 3.56. The number of carboxylic acids is 1. The number of aliphatic carboxylic acids is 1. The maximum Gasteiger partial charge on any atom is 0.311 e. The molecule has 2 rings (SSSR count). The SMILES string of the molecule is COc1ccccc1C(Cc1cccc(OC)c1OC)C(=O)O. The van der Waals surface area contributed by atoms with Crippen LogP contribution in [0.1, 0.15) is 17.0 Å². The predicted molar refractivity (Wildman–Crippen MR) is 86.6 cm³/mol. The van der Waals surface area contributed by atoms with E-state index in [1.807, 2.05) is 18.2 Å². The minimum atomic E-state index is -0.917. The second kappa shape index (κ2) is 7.54. The lowest BCUT2D eigenvalue weighted by molar-refractivity contribution is -0.138. The zero-order valence-corrected chi connectivity index (χ0v) is 13.4. The van der Waals surface area contributed by atoms with Gasteiger partial charge in [-0.05, 0) is 24.1 Å². The number of benzene rings is 2. The van der Waals surface area contributed by atoms with Crippen molar-refractivity contribution < 1.29 is 24.1 Å². The number of carbonyl (C=O) groups is 1. The Kier molecular flexibility index (Phi) is 5.46. The molecule has 1 N–H and O–H groups in total. The molecule has 0 aromatic heterocycles. The van der Waals surface area contributed by atoms with Gasteiger partial charge in [0.25, 0.3) is 0 Å². The molecule has 0 heterocycles. The summed E-state index contributed by atoms with van der Waals surface area (Å²) in [6, 6.07) is 12.6. The van der Waals surface area contributed by atoms with E-state index in [0.29, 0.717) is 22.8 Å². The number of carboxylic acid groups (broad SMARTS) is 1. The minimum Gasteiger partial charge on any atom is -0.496 e. The lowest BCUT2D eigenvalue weighted by atomic mass is 9.91. The van der Waals surface area contributed by atoms with E-state index in [9.17, 15) is 9.90 Å². The molecular formula is C18H20O5. The Labute approximate surface area is 135 Å². The average Bonchev–Trinajstić information content (AvgIpc) is 2.58. The van der Waals surface area contributed by atoms with Gasteiger partial charge in [0.15, 0.2) is 11.5 Å². The molecule has 1 unspecified atom stereocenters. The summed E-state index contributed by atoms with van der Waals surface area (Å²) in [4.78, 5) is 11.8. The number of para-hydroxylation sites is 2. The summed E-state index contributed by atoms with van der Waals surface area (Å²) in [6.45, 7) is 0. The Morgan fingerprint density at radius 1 is 0.957 bits per heavy atom. The van der Waals surface area contributed by atoms with Gasteiger partial charge >= 0.3 is 5.97 Å². The third-order valence-corrected chi connectivity index (χ3v) is 3.72. The molecule has 23 heavy (non-hydrogen) atoms. The van der Waals surface area contributed by atoms with E-state index in [0.717, 1.165) is 5.56 Å². The van der Waals surface area contributed by atoms with Gasteiger partial charge in [0, 0.05) is 5.56 Å². The van der Waals surface area contributed by atoms with Gasteiger partial charge in [-0.25, -0.2) is 0 Å². The van der Waals surface area contributed by atoms with Crippen LogP contribution in [-0.2, 0) is 11.2 Å². The van der Waals surface area contributed by atoms with Gasteiger partial charge < -0.3 is 19.3 Å². The van der Waals surface area contributed by atoms with Crippen molar-refractivity contribution in [1.82, 2.24) is 0 Å². The molecule has 0 bridgehead atoms. The van der Waals surface area contributed by atoms with Crippen molar-refractivity contribution in [2.75, 3.05) is 21.3 Å². The third-order valence-electron chi connectivity index (χ3n) is 3.72. The normalized spacial score (nSPS) is 11.6. The summed E-state index contributed by atoms with van der Waals surface area (Å²) in [5.74, 6) is 0.0265. The summed E-state index contributed by atoms with van der Waals surface area (Å²) < 4.78 is 16.0. The zero-order valence-electron chi connectivity index (χ0n) is 13.4. The van der Waals surface area contributed by atoms with Crippen molar-refractivity contribution >= 4 is 5.97 Å². The molecule has 0 saturated carbocycles. The highest BCUT2D eigenvalue weighted by Crippen LogP contribution is 2.36. The molecule has 1 atom stereocenters. The van der Waals surface area contributed by atoms with Gasteiger partial charge in [-0.3, -0.25) is 4.79 Å². The van der Waals surface area contributed by atoms with Crippen molar-refractivity contribution in [3.63, 3.8) is 0 Å². The highest BCUT2D eigenvalue weighted by molar-refractivity contribution is 5.78. The molecule has 0 spiro atoms. The number of hydrogen-bond acceptors (Lipinski definition) is 4. The number of rotatable bonds is 7. The minimum absolute atomic E-state index is 0.274. The highest BCUT2D eigenvalue weighted by Gasteiger charge is 2.25. The van der Waals surface area contributed by atoms with Crippen molar-refractivity contribution in [3.8, 4) is 17.2 Å². The quantitative estimate of drug-likeness (QED) is 0.850. The predicted octanol–water partition coefficient (Wildman–Crippen LogP) is 3.12. The van der Waals surface area contributed by atoms with Crippen molar-refractivity contribution in [3.05, 3.63) is 53.6 Å². The molecule has 2 aromatic carbocycles. The fourth-order valence-corrected chi connectivity index (χ4v) is 2.62. The maximum absolute atomic E-state index is 11.8. The maximum atomic E-state index is 11.8. The van der Waals surface area contributed by atoms with E-state index in [1.165, 1.54) is 7.11 Å². The van der Waals surface area contributed by atoms with Gasteiger partial charge in [-0.15, -0.1) is 0 Å². The molecule has 0 aliphatic heterocycles. The monoisotopic (exact) mass is 316 g/mol. The molecule has 0 fully saturated rings. The van der Waals surface area contributed by atoms with E-state index in [4.69, 9.17) is 14.2 Å². The van der Waals surface area contributed by atoms with Crippen LogP contribution in [0.3, 0.4) is 0 Å². The Hall–Kier alpha value is -2.69. The van der Waals surface area contributed by atoms with Crippen LogP contribution in [0.25, 0.3) is 0 Å². The summed E-state index contributed by atoms with van der Waals surface area (Å²) in [7, 11) is 4.63. The number of methoxy groups -OCH3 is 3. The van der Waals surface area contributed by atoms with Gasteiger partial charge in [-0.2, -0.15) is 0 Å². The summed E-state index contributed by atoms with van der Waals surface area (Å²) in [5, 5.41) is 9.67. The number of ether oxygens (including phenoxy) is 3. The molecule has 122 valence electrons. The van der Waals surface area contributed by atoms with Crippen LogP contribution in [0, 0.1) is 0 Å². The molecule has 0 radical (unpaired) electrons. The van der Waals surface area contributed by atoms with E-state index in [2.05, 4.69) is 0 Å². The van der Waals surface area contributed by atoms with Crippen LogP contribution in [0.5, 0.6) is 17.2 Å². The first-order valence-corrected chi connectivity index (χ1v) is 7.18. The molecule has 0 amide bonds. The second-order valence-electron chi connectivity index (χ2n) is 4.99. The van der Waals surface area contributed by atoms with Crippen LogP contribution in [0.4, 0.5) is 0 Å². The van der Waals surface area contributed by atoms with Gasteiger partial charge in [0.1, 0.15) is 5.75 Å². The molecule has 0 aliphatic rings. The number of hydrogen-bond donors (Lipinski definition) is 1.